The molecule has 5 heteroatoms. The van der Waals surface area contributed by atoms with Gasteiger partial charge in [0, 0.05) is 31.3 Å². The summed E-state index contributed by atoms with van der Waals surface area (Å²) >= 11 is 0. The van der Waals surface area contributed by atoms with Crippen LogP contribution in [0.5, 0.6) is 0 Å². The highest BCUT2D eigenvalue weighted by Crippen LogP contribution is 2.33. The number of pyridine rings is 1. The molecule has 0 saturated heterocycles. The summed E-state index contributed by atoms with van der Waals surface area (Å²) in [6.07, 6.45) is 7.89. The lowest BCUT2D eigenvalue weighted by molar-refractivity contribution is -0.132. The molecule has 3 rings (SSSR count). The summed E-state index contributed by atoms with van der Waals surface area (Å²) in [6, 6.07) is 13.0. The molecule has 160 valence electrons. The van der Waals surface area contributed by atoms with E-state index in [0.717, 1.165) is 36.8 Å². The number of nitrogens with zero attached hydrogens (tertiary/aromatic N) is 1. The van der Waals surface area contributed by atoms with Gasteiger partial charge in [-0.25, -0.2) is 0 Å². The van der Waals surface area contributed by atoms with Crippen LogP contribution in [0.1, 0.15) is 50.7 Å². The number of hydrogen-bond acceptors (Lipinski definition) is 3. The molecule has 1 saturated carbocycles. The highest BCUT2D eigenvalue weighted by atomic mass is 16.2. The number of rotatable bonds is 8. The molecule has 1 aromatic carbocycles. The van der Waals surface area contributed by atoms with E-state index in [9.17, 15) is 9.59 Å². The Morgan fingerprint density at radius 3 is 2.27 bits per heavy atom. The van der Waals surface area contributed by atoms with Gasteiger partial charge >= 0.3 is 0 Å². The van der Waals surface area contributed by atoms with Crippen molar-refractivity contribution in [3.63, 3.8) is 0 Å². The van der Waals surface area contributed by atoms with Crippen molar-refractivity contribution < 1.29 is 9.59 Å². The van der Waals surface area contributed by atoms with E-state index in [1.54, 1.807) is 12.4 Å². The maximum Gasteiger partial charge on any atom is 0.243 e. The molecule has 30 heavy (non-hydrogen) atoms. The number of carbonyl (C=O) groups is 2. The van der Waals surface area contributed by atoms with Gasteiger partial charge in [0.15, 0.2) is 0 Å². The van der Waals surface area contributed by atoms with Crippen molar-refractivity contribution in [1.29, 1.82) is 0 Å². The van der Waals surface area contributed by atoms with E-state index < -0.39 is 6.04 Å². The minimum atomic E-state index is -0.579. The van der Waals surface area contributed by atoms with Crippen molar-refractivity contribution >= 4 is 11.8 Å². The van der Waals surface area contributed by atoms with Crippen LogP contribution in [0.3, 0.4) is 0 Å². The van der Waals surface area contributed by atoms with E-state index in [0.29, 0.717) is 24.8 Å². The first-order valence-electron chi connectivity index (χ1n) is 11.0. The summed E-state index contributed by atoms with van der Waals surface area (Å²) in [7, 11) is 0. The van der Waals surface area contributed by atoms with Crippen LogP contribution >= 0.6 is 0 Å². The van der Waals surface area contributed by atoms with Crippen molar-refractivity contribution in [2.24, 2.45) is 17.8 Å². The Morgan fingerprint density at radius 2 is 1.63 bits per heavy atom. The normalized spacial score (nSPS) is 19.8. The van der Waals surface area contributed by atoms with Gasteiger partial charge < -0.3 is 10.6 Å². The lowest BCUT2D eigenvalue weighted by Crippen LogP contribution is -2.49. The number of amides is 2. The maximum atomic E-state index is 13.0. The Morgan fingerprint density at radius 1 is 0.967 bits per heavy atom. The van der Waals surface area contributed by atoms with Crippen LogP contribution in [0, 0.1) is 17.8 Å². The van der Waals surface area contributed by atoms with Gasteiger partial charge in [-0.1, -0.05) is 44.2 Å². The zero-order chi connectivity index (χ0) is 21.3. The van der Waals surface area contributed by atoms with Gasteiger partial charge in [0.1, 0.15) is 6.04 Å². The summed E-state index contributed by atoms with van der Waals surface area (Å²) in [6.45, 7) is 4.93. The molecule has 1 atom stereocenters. The van der Waals surface area contributed by atoms with Crippen LogP contribution in [0.15, 0.2) is 54.9 Å². The molecule has 5 nitrogen and oxygen atoms in total. The molecule has 1 heterocycles. The van der Waals surface area contributed by atoms with Crippen LogP contribution in [-0.2, 0) is 22.6 Å². The molecule has 1 fully saturated rings. The summed E-state index contributed by atoms with van der Waals surface area (Å²) in [5, 5.41) is 6.02. The van der Waals surface area contributed by atoms with Crippen molar-refractivity contribution in [1.82, 2.24) is 15.6 Å². The molecule has 1 aliphatic carbocycles. The molecule has 2 aromatic rings. The lowest BCUT2D eigenvalue weighted by Gasteiger charge is -2.31. The van der Waals surface area contributed by atoms with Crippen molar-refractivity contribution in [2.75, 3.05) is 0 Å². The predicted octanol–water partition coefficient (Wildman–Crippen LogP) is 3.89. The fourth-order valence-corrected chi connectivity index (χ4v) is 4.21. The van der Waals surface area contributed by atoms with E-state index in [1.165, 1.54) is 0 Å². The summed E-state index contributed by atoms with van der Waals surface area (Å²) < 4.78 is 0. The Hall–Kier alpha value is -2.69. The second kappa shape index (κ2) is 10.9. The van der Waals surface area contributed by atoms with Crippen LogP contribution in [0.2, 0.25) is 0 Å². The van der Waals surface area contributed by atoms with Crippen LogP contribution in [0.25, 0.3) is 0 Å². The van der Waals surface area contributed by atoms with E-state index in [-0.39, 0.29) is 17.7 Å². The van der Waals surface area contributed by atoms with E-state index in [1.807, 2.05) is 42.5 Å². The van der Waals surface area contributed by atoms with Gasteiger partial charge in [-0.15, -0.1) is 0 Å². The number of aromatic nitrogens is 1. The average Bonchev–Trinajstić information content (AvgIpc) is 2.78. The van der Waals surface area contributed by atoms with E-state index in [2.05, 4.69) is 29.5 Å². The largest absolute Gasteiger partial charge is 0.350 e. The van der Waals surface area contributed by atoms with E-state index in [4.69, 9.17) is 0 Å². The molecule has 0 bridgehead atoms. The second-order valence-corrected chi connectivity index (χ2v) is 8.68. The van der Waals surface area contributed by atoms with Gasteiger partial charge in [-0.2, -0.15) is 0 Å². The fourth-order valence-electron chi connectivity index (χ4n) is 4.21. The number of nitrogens with one attached hydrogen (secondary N) is 2. The Balaban J connectivity index is 1.62. The van der Waals surface area contributed by atoms with Crippen LogP contribution in [0.4, 0.5) is 0 Å². The molecule has 0 radical (unpaired) electrons. The van der Waals surface area contributed by atoms with Crippen LogP contribution in [-0.4, -0.2) is 22.8 Å². The quantitative estimate of drug-likeness (QED) is 0.697. The molecular weight excluding hydrogens is 374 g/mol. The highest BCUT2D eigenvalue weighted by Gasteiger charge is 2.30. The SMILES string of the molecule is CC(C)C1CCC(C(=O)N[C@H](Cc2ccccc2)C(=O)NCc2ccncc2)CC1. The Bertz CT molecular complexity index is 800. The topological polar surface area (TPSA) is 71.1 Å². The molecule has 1 aliphatic rings. The van der Waals surface area contributed by atoms with Gasteiger partial charge in [0.05, 0.1) is 0 Å². The standard InChI is InChI=1S/C25H33N3O2/c1-18(2)21-8-10-22(11-9-21)24(29)28-23(16-19-6-4-3-5-7-19)25(30)27-17-20-12-14-26-15-13-20/h3-7,12-15,18,21-23H,8-11,16-17H2,1-2H3,(H,27,30)(H,28,29)/t21?,22?,23-/m1/s1. The lowest BCUT2D eigenvalue weighted by atomic mass is 9.76. The summed E-state index contributed by atoms with van der Waals surface area (Å²) in [4.78, 5) is 29.9. The fraction of sp³-hybridized carbons (Fsp3) is 0.480. The first kappa shape index (κ1) is 22.0. The predicted molar refractivity (Wildman–Crippen MR) is 118 cm³/mol. The molecule has 2 N–H and O–H groups in total. The third-order valence-electron chi connectivity index (χ3n) is 6.22. The second-order valence-electron chi connectivity index (χ2n) is 8.68. The minimum absolute atomic E-state index is 0.00581. The Labute approximate surface area is 179 Å². The summed E-state index contributed by atoms with van der Waals surface area (Å²) in [5.74, 6) is 1.24. The molecule has 2 amide bonds. The molecule has 0 spiro atoms. The third-order valence-corrected chi connectivity index (χ3v) is 6.22. The van der Waals surface area contributed by atoms with Crippen LogP contribution < -0.4 is 10.6 Å². The molecule has 0 unspecified atom stereocenters. The Kier molecular flexibility index (Phi) is 8.00. The van der Waals surface area contributed by atoms with Gasteiger partial charge in [0.2, 0.25) is 11.8 Å². The van der Waals surface area contributed by atoms with E-state index >= 15 is 0 Å². The van der Waals surface area contributed by atoms with Crippen molar-refractivity contribution in [3.8, 4) is 0 Å². The smallest absolute Gasteiger partial charge is 0.243 e. The number of carbonyl (C=O) groups excluding carboxylic acids is 2. The van der Waals surface area contributed by atoms with Crippen molar-refractivity contribution in [2.45, 2.75) is 58.5 Å². The highest BCUT2D eigenvalue weighted by molar-refractivity contribution is 5.88. The average molecular weight is 408 g/mol. The molecular formula is C25H33N3O2. The third kappa shape index (κ3) is 6.41. The number of hydrogen-bond donors (Lipinski definition) is 2. The maximum absolute atomic E-state index is 13.0. The zero-order valence-electron chi connectivity index (χ0n) is 18.0. The van der Waals surface area contributed by atoms with Gasteiger partial charge in [0.25, 0.3) is 0 Å². The first-order valence-corrected chi connectivity index (χ1v) is 11.0. The van der Waals surface area contributed by atoms with Gasteiger partial charge in [-0.05, 0) is 60.8 Å². The minimum Gasteiger partial charge on any atom is -0.350 e. The molecule has 0 aliphatic heterocycles. The zero-order valence-corrected chi connectivity index (χ0v) is 18.0. The van der Waals surface area contributed by atoms with Crippen molar-refractivity contribution in [3.05, 3.63) is 66.0 Å². The van der Waals surface area contributed by atoms with Gasteiger partial charge in [-0.3, -0.25) is 14.6 Å². The first-order chi connectivity index (χ1) is 14.5. The number of benzene rings is 1. The summed E-state index contributed by atoms with van der Waals surface area (Å²) in [5.41, 5.74) is 2.01. The monoisotopic (exact) mass is 407 g/mol. The molecule has 1 aromatic heterocycles.